The molecule has 0 bridgehead atoms. The van der Waals surface area contributed by atoms with E-state index in [1.807, 2.05) is 0 Å². The quantitative estimate of drug-likeness (QED) is 0.795. The van der Waals surface area contributed by atoms with E-state index >= 15 is 0 Å². The van der Waals surface area contributed by atoms with E-state index in [0.717, 1.165) is 31.6 Å². The van der Waals surface area contributed by atoms with E-state index < -0.39 is 0 Å². The number of hydrogen-bond acceptors (Lipinski definition) is 2. The number of hydrogen-bond donors (Lipinski definition) is 0. The standard InChI is InChI=1S/C16H22O2/c1-11(2)15(12(3)17)6-4-13-5-7-16-14(10-13)8-9-18-16/h5,7,10-11,15H,4,6,8-9H2,1-3H3. The van der Waals surface area contributed by atoms with Gasteiger partial charge in [-0.15, -0.1) is 0 Å². The lowest BCUT2D eigenvalue weighted by Crippen LogP contribution is -2.18. The van der Waals surface area contributed by atoms with Gasteiger partial charge in [-0.1, -0.05) is 26.0 Å². The largest absolute Gasteiger partial charge is 0.493 e. The zero-order valence-corrected chi connectivity index (χ0v) is 11.5. The molecule has 1 heterocycles. The SMILES string of the molecule is CC(=O)C(CCc1ccc2c(c1)CCO2)C(C)C. The molecule has 0 fully saturated rings. The van der Waals surface area contributed by atoms with Crippen LogP contribution in [0.1, 0.15) is 38.3 Å². The maximum absolute atomic E-state index is 11.6. The Bertz CT molecular complexity index is 435. The van der Waals surface area contributed by atoms with Gasteiger partial charge >= 0.3 is 0 Å². The summed E-state index contributed by atoms with van der Waals surface area (Å²) in [5.41, 5.74) is 2.64. The highest BCUT2D eigenvalue weighted by molar-refractivity contribution is 5.78. The van der Waals surface area contributed by atoms with Gasteiger partial charge in [-0.3, -0.25) is 4.79 Å². The van der Waals surface area contributed by atoms with E-state index in [1.165, 1.54) is 11.1 Å². The van der Waals surface area contributed by atoms with Gasteiger partial charge in [0.05, 0.1) is 6.61 Å². The van der Waals surface area contributed by atoms with Crippen LogP contribution < -0.4 is 4.74 Å². The van der Waals surface area contributed by atoms with Crippen molar-refractivity contribution in [3.8, 4) is 5.75 Å². The molecule has 1 atom stereocenters. The van der Waals surface area contributed by atoms with Gasteiger partial charge in [-0.25, -0.2) is 0 Å². The summed E-state index contributed by atoms with van der Waals surface area (Å²) in [6, 6.07) is 6.43. The molecule has 18 heavy (non-hydrogen) atoms. The van der Waals surface area contributed by atoms with Crippen LogP contribution in [0.2, 0.25) is 0 Å². The third-order valence-electron chi connectivity index (χ3n) is 3.82. The zero-order valence-electron chi connectivity index (χ0n) is 11.5. The fraction of sp³-hybridized carbons (Fsp3) is 0.562. The van der Waals surface area contributed by atoms with Gasteiger partial charge in [0.2, 0.25) is 0 Å². The van der Waals surface area contributed by atoms with Crippen molar-refractivity contribution in [3.63, 3.8) is 0 Å². The Kier molecular flexibility index (Phi) is 4.05. The summed E-state index contributed by atoms with van der Waals surface area (Å²) in [6.45, 7) is 6.77. The summed E-state index contributed by atoms with van der Waals surface area (Å²) in [5.74, 6) is 1.97. The van der Waals surface area contributed by atoms with Crippen LogP contribution >= 0.6 is 0 Å². The molecule has 1 aromatic carbocycles. The van der Waals surface area contributed by atoms with Gasteiger partial charge in [-0.05, 0) is 42.9 Å². The van der Waals surface area contributed by atoms with Crippen LogP contribution in [-0.2, 0) is 17.6 Å². The maximum atomic E-state index is 11.6. The Labute approximate surface area is 109 Å². The van der Waals surface area contributed by atoms with Crippen molar-refractivity contribution in [2.45, 2.75) is 40.0 Å². The normalized spacial score (nSPS) is 15.3. The molecule has 0 N–H and O–H groups in total. The molecule has 1 aromatic rings. The lowest BCUT2D eigenvalue weighted by Gasteiger charge is -2.17. The highest BCUT2D eigenvalue weighted by atomic mass is 16.5. The fourth-order valence-corrected chi connectivity index (χ4v) is 2.72. The van der Waals surface area contributed by atoms with Gasteiger partial charge < -0.3 is 4.74 Å². The molecule has 98 valence electrons. The lowest BCUT2D eigenvalue weighted by atomic mass is 9.86. The van der Waals surface area contributed by atoms with Crippen LogP contribution in [0.25, 0.3) is 0 Å². The zero-order chi connectivity index (χ0) is 13.1. The van der Waals surface area contributed by atoms with Crippen LogP contribution in [0, 0.1) is 11.8 Å². The topological polar surface area (TPSA) is 26.3 Å². The Balaban J connectivity index is 1.99. The summed E-state index contributed by atoms with van der Waals surface area (Å²) in [6.07, 6.45) is 2.95. The summed E-state index contributed by atoms with van der Waals surface area (Å²) < 4.78 is 5.50. The van der Waals surface area contributed by atoms with E-state index in [0.29, 0.717) is 11.7 Å². The molecular formula is C16H22O2. The molecule has 0 saturated carbocycles. The number of ether oxygens (including phenoxy) is 1. The van der Waals surface area contributed by atoms with E-state index in [4.69, 9.17) is 4.74 Å². The summed E-state index contributed by atoms with van der Waals surface area (Å²) >= 11 is 0. The second-order valence-corrected chi connectivity index (χ2v) is 5.54. The van der Waals surface area contributed by atoms with E-state index in [-0.39, 0.29) is 5.92 Å². The first-order chi connectivity index (χ1) is 8.58. The first-order valence-corrected chi connectivity index (χ1v) is 6.83. The molecule has 0 spiro atoms. The predicted molar refractivity (Wildman–Crippen MR) is 73.0 cm³/mol. The molecule has 2 rings (SSSR count). The van der Waals surface area contributed by atoms with Gasteiger partial charge in [-0.2, -0.15) is 0 Å². The minimum Gasteiger partial charge on any atom is -0.493 e. The number of Topliss-reactive ketones (excluding diaryl/α,β-unsaturated/α-hetero) is 1. The molecule has 1 unspecified atom stereocenters. The Hall–Kier alpha value is -1.31. The predicted octanol–water partition coefficient (Wildman–Crippen LogP) is 3.42. The first-order valence-electron chi connectivity index (χ1n) is 6.83. The van der Waals surface area contributed by atoms with E-state index in [2.05, 4.69) is 32.0 Å². The van der Waals surface area contributed by atoms with Gasteiger partial charge in [0.1, 0.15) is 11.5 Å². The van der Waals surface area contributed by atoms with Crippen molar-refractivity contribution >= 4 is 5.78 Å². The van der Waals surface area contributed by atoms with Crippen LogP contribution in [0.3, 0.4) is 0 Å². The summed E-state index contributed by atoms with van der Waals surface area (Å²) in [4.78, 5) is 11.6. The fourth-order valence-electron chi connectivity index (χ4n) is 2.72. The Morgan fingerprint density at radius 3 is 2.83 bits per heavy atom. The minimum absolute atomic E-state index is 0.189. The van der Waals surface area contributed by atoms with E-state index in [1.54, 1.807) is 6.92 Å². The number of benzene rings is 1. The average Bonchev–Trinajstić information content (AvgIpc) is 2.75. The molecular weight excluding hydrogens is 224 g/mol. The van der Waals surface area contributed by atoms with Crippen LogP contribution in [-0.4, -0.2) is 12.4 Å². The highest BCUT2D eigenvalue weighted by Crippen LogP contribution is 2.27. The maximum Gasteiger partial charge on any atom is 0.133 e. The minimum atomic E-state index is 0.189. The smallest absolute Gasteiger partial charge is 0.133 e. The van der Waals surface area contributed by atoms with E-state index in [9.17, 15) is 4.79 Å². The summed E-state index contributed by atoms with van der Waals surface area (Å²) in [7, 11) is 0. The molecule has 0 amide bonds. The van der Waals surface area contributed by atoms with Crippen molar-refractivity contribution in [3.05, 3.63) is 29.3 Å². The molecule has 0 aromatic heterocycles. The van der Waals surface area contributed by atoms with Crippen molar-refractivity contribution in [1.82, 2.24) is 0 Å². The molecule has 1 aliphatic heterocycles. The number of carbonyl (C=O) groups excluding carboxylic acids is 1. The lowest BCUT2D eigenvalue weighted by molar-refractivity contribution is -0.122. The molecule has 0 aliphatic carbocycles. The third kappa shape index (κ3) is 2.92. The van der Waals surface area contributed by atoms with Crippen molar-refractivity contribution in [2.24, 2.45) is 11.8 Å². The second-order valence-electron chi connectivity index (χ2n) is 5.54. The van der Waals surface area contributed by atoms with Crippen LogP contribution in [0.4, 0.5) is 0 Å². The van der Waals surface area contributed by atoms with Crippen LogP contribution in [0.15, 0.2) is 18.2 Å². The summed E-state index contributed by atoms with van der Waals surface area (Å²) in [5, 5.41) is 0. The average molecular weight is 246 g/mol. The molecule has 0 radical (unpaired) electrons. The number of aryl methyl sites for hydroxylation is 1. The van der Waals surface area contributed by atoms with Crippen molar-refractivity contribution in [2.75, 3.05) is 6.61 Å². The van der Waals surface area contributed by atoms with Crippen LogP contribution in [0.5, 0.6) is 5.75 Å². The van der Waals surface area contributed by atoms with Gasteiger partial charge in [0.25, 0.3) is 0 Å². The Morgan fingerprint density at radius 2 is 2.17 bits per heavy atom. The number of ketones is 1. The molecule has 0 saturated heterocycles. The van der Waals surface area contributed by atoms with Crippen molar-refractivity contribution in [1.29, 1.82) is 0 Å². The second kappa shape index (κ2) is 5.55. The van der Waals surface area contributed by atoms with Gasteiger partial charge in [0, 0.05) is 12.3 Å². The number of fused-ring (bicyclic) bond motifs is 1. The molecule has 2 heteroatoms. The molecule has 2 nitrogen and oxygen atoms in total. The molecule has 1 aliphatic rings. The first kappa shape index (κ1) is 13.1. The monoisotopic (exact) mass is 246 g/mol. The van der Waals surface area contributed by atoms with Gasteiger partial charge in [0.15, 0.2) is 0 Å². The number of carbonyl (C=O) groups is 1. The number of rotatable bonds is 5. The third-order valence-corrected chi connectivity index (χ3v) is 3.82. The highest BCUT2D eigenvalue weighted by Gasteiger charge is 2.18. The Morgan fingerprint density at radius 1 is 1.39 bits per heavy atom. The van der Waals surface area contributed by atoms with Crippen molar-refractivity contribution < 1.29 is 9.53 Å².